The average Bonchev–Trinajstić information content (AvgIpc) is 2.86. The molecule has 0 saturated carbocycles. The fourth-order valence-electron chi connectivity index (χ4n) is 3.12. The van der Waals surface area contributed by atoms with Gasteiger partial charge in [-0.3, -0.25) is 9.59 Å². The first-order valence-electron chi connectivity index (χ1n) is 5.91. The van der Waals surface area contributed by atoms with E-state index in [1.807, 2.05) is 0 Å². The molecular formula is C11H16N2O3. The SMILES string of the molecule is CC1C(=O)NCC(=O)N1C1CC2CCC1O2. The predicted octanol–water partition coefficient (Wildman–Crippen LogP) is -0.347. The van der Waals surface area contributed by atoms with Crippen LogP contribution in [-0.4, -0.2) is 47.6 Å². The van der Waals surface area contributed by atoms with Crippen LogP contribution in [0, 0.1) is 0 Å². The number of nitrogens with one attached hydrogen (secondary N) is 1. The Morgan fingerprint density at radius 3 is 2.81 bits per heavy atom. The summed E-state index contributed by atoms with van der Waals surface area (Å²) < 4.78 is 5.74. The number of hydrogen-bond acceptors (Lipinski definition) is 3. The number of amides is 2. The number of piperazine rings is 1. The molecule has 4 unspecified atom stereocenters. The van der Waals surface area contributed by atoms with E-state index in [-0.39, 0.29) is 36.5 Å². The molecule has 2 amide bonds. The molecule has 3 rings (SSSR count). The molecule has 0 aromatic heterocycles. The largest absolute Gasteiger partial charge is 0.373 e. The Balaban J connectivity index is 1.82. The summed E-state index contributed by atoms with van der Waals surface area (Å²) in [5.41, 5.74) is 0. The smallest absolute Gasteiger partial charge is 0.242 e. The van der Waals surface area contributed by atoms with Crippen molar-refractivity contribution >= 4 is 11.8 Å². The lowest BCUT2D eigenvalue weighted by atomic mass is 9.92. The molecule has 0 aromatic rings. The van der Waals surface area contributed by atoms with Crippen molar-refractivity contribution in [2.45, 2.75) is 50.5 Å². The van der Waals surface area contributed by atoms with E-state index in [0.717, 1.165) is 19.3 Å². The molecule has 5 nitrogen and oxygen atoms in total. The molecule has 3 aliphatic rings. The minimum atomic E-state index is -0.353. The summed E-state index contributed by atoms with van der Waals surface area (Å²) in [7, 11) is 0. The number of fused-ring (bicyclic) bond motifs is 2. The third kappa shape index (κ3) is 1.34. The second kappa shape index (κ2) is 3.45. The Labute approximate surface area is 94.1 Å². The highest BCUT2D eigenvalue weighted by Gasteiger charge is 2.48. The molecule has 2 bridgehead atoms. The van der Waals surface area contributed by atoms with E-state index < -0.39 is 0 Å². The van der Waals surface area contributed by atoms with Crippen molar-refractivity contribution in [2.75, 3.05) is 6.54 Å². The van der Waals surface area contributed by atoms with Crippen molar-refractivity contribution in [3.05, 3.63) is 0 Å². The van der Waals surface area contributed by atoms with Crippen molar-refractivity contribution in [3.63, 3.8) is 0 Å². The van der Waals surface area contributed by atoms with Crippen LogP contribution in [0.4, 0.5) is 0 Å². The van der Waals surface area contributed by atoms with Crippen LogP contribution in [-0.2, 0) is 14.3 Å². The molecule has 3 saturated heterocycles. The Morgan fingerprint density at radius 1 is 1.38 bits per heavy atom. The molecule has 3 fully saturated rings. The van der Waals surface area contributed by atoms with Crippen LogP contribution in [0.3, 0.4) is 0 Å². The molecule has 0 radical (unpaired) electrons. The zero-order valence-electron chi connectivity index (χ0n) is 9.31. The third-order valence-corrected chi connectivity index (χ3v) is 3.93. The second-order valence-electron chi connectivity index (χ2n) is 4.87. The first-order chi connectivity index (χ1) is 7.66. The lowest BCUT2D eigenvalue weighted by Gasteiger charge is -2.39. The van der Waals surface area contributed by atoms with Crippen LogP contribution in [0.25, 0.3) is 0 Å². The number of rotatable bonds is 1. The van der Waals surface area contributed by atoms with Gasteiger partial charge in [0, 0.05) is 0 Å². The third-order valence-electron chi connectivity index (χ3n) is 3.93. The van der Waals surface area contributed by atoms with Crippen LogP contribution >= 0.6 is 0 Å². The Kier molecular flexibility index (Phi) is 2.17. The number of carbonyl (C=O) groups excluding carboxylic acids is 2. The normalized spacial score (nSPS) is 42.7. The minimum Gasteiger partial charge on any atom is -0.373 e. The Hall–Kier alpha value is -1.10. The van der Waals surface area contributed by atoms with E-state index >= 15 is 0 Å². The number of nitrogens with zero attached hydrogens (tertiary/aromatic N) is 1. The van der Waals surface area contributed by atoms with Gasteiger partial charge >= 0.3 is 0 Å². The van der Waals surface area contributed by atoms with Gasteiger partial charge in [0.05, 0.1) is 24.8 Å². The van der Waals surface area contributed by atoms with Crippen molar-refractivity contribution in [1.29, 1.82) is 0 Å². The van der Waals surface area contributed by atoms with E-state index in [1.54, 1.807) is 11.8 Å². The molecule has 0 aromatic carbocycles. The van der Waals surface area contributed by atoms with Gasteiger partial charge in [-0.15, -0.1) is 0 Å². The van der Waals surface area contributed by atoms with E-state index in [0.29, 0.717) is 6.10 Å². The minimum absolute atomic E-state index is 0.0215. The van der Waals surface area contributed by atoms with Gasteiger partial charge in [0.1, 0.15) is 6.04 Å². The molecule has 3 aliphatic heterocycles. The van der Waals surface area contributed by atoms with Gasteiger partial charge in [-0.05, 0) is 26.2 Å². The van der Waals surface area contributed by atoms with Crippen molar-refractivity contribution in [1.82, 2.24) is 10.2 Å². The van der Waals surface area contributed by atoms with E-state index in [9.17, 15) is 9.59 Å². The lowest BCUT2D eigenvalue weighted by Crippen LogP contribution is -2.62. The van der Waals surface area contributed by atoms with Gasteiger partial charge in [-0.2, -0.15) is 0 Å². The maximum atomic E-state index is 11.9. The molecule has 1 N–H and O–H groups in total. The molecule has 5 heteroatoms. The first kappa shape index (κ1) is 10.1. The molecule has 88 valence electrons. The summed E-state index contributed by atoms with van der Waals surface area (Å²) >= 11 is 0. The molecule has 0 spiro atoms. The quantitative estimate of drug-likeness (QED) is 0.662. The molecule has 0 aliphatic carbocycles. The van der Waals surface area contributed by atoms with Gasteiger partial charge < -0.3 is 15.0 Å². The monoisotopic (exact) mass is 224 g/mol. The molecule has 16 heavy (non-hydrogen) atoms. The fourth-order valence-corrected chi connectivity index (χ4v) is 3.12. The van der Waals surface area contributed by atoms with Gasteiger partial charge in [-0.1, -0.05) is 0 Å². The van der Waals surface area contributed by atoms with Gasteiger partial charge in [0.2, 0.25) is 11.8 Å². The van der Waals surface area contributed by atoms with Crippen LogP contribution in [0.2, 0.25) is 0 Å². The summed E-state index contributed by atoms with van der Waals surface area (Å²) in [5.74, 6) is -0.0318. The zero-order chi connectivity index (χ0) is 11.3. The summed E-state index contributed by atoms with van der Waals surface area (Å²) in [5, 5.41) is 2.61. The Bertz CT molecular complexity index is 344. The van der Waals surface area contributed by atoms with Crippen LogP contribution in [0.1, 0.15) is 26.2 Å². The highest BCUT2D eigenvalue weighted by molar-refractivity contribution is 5.94. The van der Waals surface area contributed by atoms with Crippen LogP contribution in [0.5, 0.6) is 0 Å². The molecular weight excluding hydrogens is 208 g/mol. The van der Waals surface area contributed by atoms with E-state index in [2.05, 4.69) is 5.32 Å². The summed E-state index contributed by atoms with van der Waals surface area (Å²) in [6.07, 6.45) is 3.48. The fraction of sp³-hybridized carbons (Fsp3) is 0.818. The number of carbonyl (C=O) groups is 2. The van der Waals surface area contributed by atoms with Crippen molar-refractivity contribution < 1.29 is 14.3 Å². The Morgan fingerprint density at radius 2 is 2.19 bits per heavy atom. The van der Waals surface area contributed by atoms with Crippen LogP contribution < -0.4 is 5.32 Å². The van der Waals surface area contributed by atoms with Crippen LogP contribution in [0.15, 0.2) is 0 Å². The second-order valence-corrected chi connectivity index (χ2v) is 4.87. The maximum Gasteiger partial charge on any atom is 0.242 e. The highest BCUT2D eigenvalue weighted by Crippen LogP contribution is 2.38. The highest BCUT2D eigenvalue weighted by atomic mass is 16.5. The molecule has 3 heterocycles. The lowest BCUT2D eigenvalue weighted by molar-refractivity contribution is -0.148. The molecule has 4 atom stereocenters. The standard InChI is InChI=1S/C11H16N2O3/c1-6-11(15)12-5-10(14)13(6)8-4-7-2-3-9(8)16-7/h6-9H,2-5H2,1H3,(H,12,15). The number of ether oxygens (including phenoxy) is 1. The van der Waals surface area contributed by atoms with Crippen molar-refractivity contribution in [3.8, 4) is 0 Å². The summed E-state index contributed by atoms with van der Waals surface area (Å²) in [4.78, 5) is 25.2. The van der Waals surface area contributed by atoms with E-state index in [1.165, 1.54) is 0 Å². The average molecular weight is 224 g/mol. The van der Waals surface area contributed by atoms with Gasteiger partial charge in [0.25, 0.3) is 0 Å². The zero-order valence-corrected chi connectivity index (χ0v) is 9.31. The summed E-state index contributed by atoms with van der Waals surface area (Å²) in [6.45, 7) is 1.93. The van der Waals surface area contributed by atoms with Gasteiger partial charge in [-0.25, -0.2) is 0 Å². The first-order valence-corrected chi connectivity index (χ1v) is 5.91. The van der Waals surface area contributed by atoms with Gasteiger partial charge in [0.15, 0.2) is 0 Å². The maximum absolute atomic E-state index is 11.9. The number of hydrogen-bond donors (Lipinski definition) is 1. The summed E-state index contributed by atoms with van der Waals surface area (Å²) in [6, 6.07) is -0.235. The topological polar surface area (TPSA) is 58.6 Å². The predicted molar refractivity (Wildman–Crippen MR) is 55.6 cm³/mol. The van der Waals surface area contributed by atoms with E-state index in [4.69, 9.17) is 4.74 Å². The van der Waals surface area contributed by atoms with Crippen molar-refractivity contribution in [2.24, 2.45) is 0 Å².